The van der Waals surface area contributed by atoms with E-state index in [1.54, 1.807) is 6.07 Å². The average molecular weight is 514 g/mol. The van der Waals surface area contributed by atoms with Crippen molar-refractivity contribution in [3.63, 3.8) is 0 Å². The molecule has 198 valence electrons. The molecule has 12 heteroatoms. The Morgan fingerprint density at radius 1 is 1.17 bits per heavy atom. The maximum absolute atomic E-state index is 12.5. The Kier molecular flexibility index (Phi) is 11.3. The Morgan fingerprint density at radius 3 is 2.64 bits per heavy atom. The van der Waals surface area contributed by atoms with Gasteiger partial charge >= 0.3 is 6.18 Å². The molecule has 2 rings (SSSR count). The van der Waals surface area contributed by atoms with E-state index in [0.29, 0.717) is 17.0 Å². The van der Waals surface area contributed by atoms with Crippen molar-refractivity contribution in [3.8, 4) is 17.1 Å². The maximum atomic E-state index is 12.5. The van der Waals surface area contributed by atoms with Crippen molar-refractivity contribution in [3.05, 3.63) is 42.2 Å². The summed E-state index contributed by atoms with van der Waals surface area (Å²) >= 11 is 0. The first-order valence-electron chi connectivity index (χ1n) is 11.5. The van der Waals surface area contributed by atoms with Gasteiger partial charge < -0.3 is 19.8 Å². The number of furan rings is 1. The molecule has 2 aromatic rings. The van der Waals surface area contributed by atoms with Crippen molar-refractivity contribution in [2.45, 2.75) is 45.2 Å². The van der Waals surface area contributed by atoms with Crippen LogP contribution in [0.25, 0.3) is 11.3 Å². The molecular formula is C24H30F3N3O6. The number of nitrogens with one attached hydrogen (secondary N) is 2. The predicted octanol–water partition coefficient (Wildman–Crippen LogP) is 4.13. The van der Waals surface area contributed by atoms with Crippen molar-refractivity contribution in [2.24, 2.45) is 5.92 Å². The molecular weight excluding hydrogens is 483 g/mol. The number of benzene rings is 1. The van der Waals surface area contributed by atoms with Gasteiger partial charge in [-0.25, -0.2) is 5.06 Å². The highest BCUT2D eigenvalue weighted by Gasteiger charge is 2.28. The Balaban J connectivity index is 1.90. The molecule has 3 N–H and O–H groups in total. The summed E-state index contributed by atoms with van der Waals surface area (Å²) < 4.78 is 47.3. The molecule has 0 aliphatic rings. The first-order chi connectivity index (χ1) is 17.1. The third kappa shape index (κ3) is 9.98. The molecule has 1 aromatic heterocycles. The Morgan fingerprint density at radius 2 is 1.94 bits per heavy atom. The minimum atomic E-state index is -4.47. The quantitative estimate of drug-likeness (QED) is 0.108. The van der Waals surface area contributed by atoms with Gasteiger partial charge in [-0.3, -0.25) is 19.6 Å². The first-order valence-corrected chi connectivity index (χ1v) is 11.5. The van der Waals surface area contributed by atoms with E-state index in [2.05, 4.69) is 17.6 Å². The molecule has 0 spiro atoms. The van der Waals surface area contributed by atoms with Crippen LogP contribution < -0.4 is 15.4 Å². The fourth-order valence-electron chi connectivity index (χ4n) is 3.35. The molecule has 1 aromatic carbocycles. The van der Waals surface area contributed by atoms with Gasteiger partial charge in [-0.1, -0.05) is 44.7 Å². The highest BCUT2D eigenvalue weighted by Crippen LogP contribution is 2.27. The number of hydrogen-bond acceptors (Lipinski definition) is 6. The van der Waals surface area contributed by atoms with E-state index in [4.69, 9.17) is 9.15 Å². The molecule has 0 saturated heterocycles. The van der Waals surface area contributed by atoms with E-state index >= 15 is 0 Å². The van der Waals surface area contributed by atoms with Gasteiger partial charge in [0.1, 0.15) is 11.5 Å². The highest BCUT2D eigenvalue weighted by atomic mass is 19.4. The number of hydroxylamine groups is 2. The lowest BCUT2D eigenvalue weighted by atomic mass is 9.99. The van der Waals surface area contributed by atoms with Crippen LogP contribution in [0.4, 0.5) is 13.2 Å². The third-order valence-electron chi connectivity index (χ3n) is 5.17. The lowest BCUT2D eigenvalue weighted by molar-refractivity contribution is -0.155. The average Bonchev–Trinajstić information content (AvgIpc) is 3.34. The van der Waals surface area contributed by atoms with Crippen molar-refractivity contribution in [1.82, 2.24) is 15.7 Å². The molecule has 0 saturated carbocycles. The summed E-state index contributed by atoms with van der Waals surface area (Å²) in [6.45, 7) is 0.245. The van der Waals surface area contributed by atoms with E-state index in [0.717, 1.165) is 25.7 Å². The van der Waals surface area contributed by atoms with Crippen LogP contribution in [0.3, 0.4) is 0 Å². The first kappa shape index (κ1) is 28.7. The Hall–Kier alpha value is -3.54. The molecule has 0 unspecified atom stereocenters. The predicted molar refractivity (Wildman–Crippen MR) is 123 cm³/mol. The van der Waals surface area contributed by atoms with E-state index in [1.807, 2.05) is 0 Å². The van der Waals surface area contributed by atoms with Crippen LogP contribution in [0.5, 0.6) is 5.75 Å². The third-order valence-corrected chi connectivity index (χ3v) is 5.17. The van der Waals surface area contributed by atoms with Gasteiger partial charge in [0.25, 0.3) is 5.91 Å². The molecule has 0 radical (unpaired) electrons. The van der Waals surface area contributed by atoms with E-state index in [1.165, 1.54) is 30.3 Å². The minimum Gasteiger partial charge on any atom is -0.484 e. The van der Waals surface area contributed by atoms with Gasteiger partial charge in [-0.2, -0.15) is 13.2 Å². The van der Waals surface area contributed by atoms with Gasteiger partial charge in [0.15, 0.2) is 12.4 Å². The molecule has 0 aliphatic carbocycles. The smallest absolute Gasteiger partial charge is 0.422 e. The zero-order chi connectivity index (χ0) is 26.6. The molecule has 0 aliphatic heterocycles. The van der Waals surface area contributed by atoms with Gasteiger partial charge in [-0.15, -0.1) is 0 Å². The second-order valence-electron chi connectivity index (χ2n) is 8.09. The summed E-state index contributed by atoms with van der Waals surface area (Å²) in [5.41, 5.74) is 0.414. The van der Waals surface area contributed by atoms with Crippen LogP contribution in [0.1, 0.15) is 49.6 Å². The number of carbonyl (C=O) groups is 3. The fourth-order valence-corrected chi connectivity index (χ4v) is 3.35. The van der Waals surface area contributed by atoms with Crippen LogP contribution >= 0.6 is 0 Å². The summed E-state index contributed by atoms with van der Waals surface area (Å²) in [6.07, 6.45) is -0.0720. The van der Waals surface area contributed by atoms with E-state index < -0.39 is 30.5 Å². The highest BCUT2D eigenvalue weighted by molar-refractivity contribution is 5.92. The Labute approximate surface area is 206 Å². The lowest BCUT2D eigenvalue weighted by Gasteiger charge is -2.19. The van der Waals surface area contributed by atoms with Gasteiger partial charge in [0.05, 0.1) is 19.1 Å². The SMILES string of the molecule is CCCCCC[C@H](CN(O)C=O)C(=O)NCNC(=O)c1ccc(-c2cccc(OCC(F)(F)F)c2)o1. The second kappa shape index (κ2) is 14.1. The van der Waals surface area contributed by atoms with Crippen molar-refractivity contribution < 1.29 is 41.9 Å². The van der Waals surface area contributed by atoms with E-state index in [-0.39, 0.29) is 36.9 Å². The largest absolute Gasteiger partial charge is 0.484 e. The topological polar surface area (TPSA) is 121 Å². The zero-order valence-corrected chi connectivity index (χ0v) is 19.8. The van der Waals surface area contributed by atoms with Crippen molar-refractivity contribution in [2.75, 3.05) is 19.8 Å². The number of unbranched alkanes of at least 4 members (excludes halogenated alkanes) is 3. The molecule has 0 fully saturated rings. The summed E-state index contributed by atoms with van der Waals surface area (Å²) in [4.78, 5) is 35.6. The fraction of sp³-hybridized carbons (Fsp3) is 0.458. The van der Waals surface area contributed by atoms with E-state index in [9.17, 15) is 32.8 Å². The normalized spacial score (nSPS) is 12.0. The number of carbonyl (C=O) groups excluding carboxylic acids is 3. The van der Waals surface area contributed by atoms with Crippen LogP contribution in [0, 0.1) is 5.92 Å². The molecule has 36 heavy (non-hydrogen) atoms. The monoisotopic (exact) mass is 513 g/mol. The van der Waals surface area contributed by atoms with Crippen LogP contribution in [-0.4, -0.2) is 54.5 Å². The maximum Gasteiger partial charge on any atom is 0.422 e. The summed E-state index contributed by atoms with van der Waals surface area (Å²) in [6, 6.07) is 8.69. The molecule has 9 nitrogen and oxygen atoms in total. The zero-order valence-electron chi connectivity index (χ0n) is 19.8. The number of ether oxygens (including phenoxy) is 1. The Bertz CT molecular complexity index is 995. The van der Waals surface area contributed by atoms with Gasteiger partial charge in [0, 0.05) is 5.56 Å². The van der Waals surface area contributed by atoms with Crippen LogP contribution in [0.15, 0.2) is 40.8 Å². The number of nitrogens with zero attached hydrogens (tertiary/aromatic N) is 1. The summed E-state index contributed by atoms with van der Waals surface area (Å²) in [7, 11) is 0. The molecule has 1 atom stereocenters. The minimum absolute atomic E-state index is 0.00443. The van der Waals surface area contributed by atoms with Crippen LogP contribution in [-0.2, 0) is 9.59 Å². The number of rotatable bonds is 15. The van der Waals surface area contributed by atoms with Gasteiger partial charge in [-0.05, 0) is 30.7 Å². The molecule has 0 bridgehead atoms. The number of amides is 3. The van der Waals surface area contributed by atoms with Crippen LogP contribution in [0.2, 0.25) is 0 Å². The number of hydrogen-bond donors (Lipinski definition) is 3. The molecule has 3 amide bonds. The summed E-state index contributed by atoms with van der Waals surface area (Å²) in [5, 5.41) is 14.9. The van der Waals surface area contributed by atoms with Gasteiger partial charge in [0.2, 0.25) is 12.3 Å². The second-order valence-corrected chi connectivity index (χ2v) is 8.09. The van der Waals surface area contributed by atoms with Crippen molar-refractivity contribution >= 4 is 18.2 Å². The standard InChI is InChI=1S/C24H30F3N3O6/c1-2-3-4-5-7-18(13-30(34)16-31)22(32)28-15-29-23(33)21-11-10-20(36-21)17-8-6-9-19(12-17)35-14-24(25,26)27/h6,8-12,16,18,34H,2-5,7,13-15H2,1H3,(H,28,32)(H,29,33)/t18-/m1/s1. The number of alkyl halides is 3. The summed E-state index contributed by atoms with van der Waals surface area (Å²) in [5.74, 6) is -1.53. The molecule has 1 heterocycles. The van der Waals surface area contributed by atoms with Crippen molar-refractivity contribution in [1.29, 1.82) is 0 Å². The number of halogens is 3. The lowest BCUT2D eigenvalue weighted by Crippen LogP contribution is -2.42.